The Balaban J connectivity index is 1.63. The van der Waals surface area contributed by atoms with Gasteiger partial charge in [-0.2, -0.15) is 0 Å². The van der Waals surface area contributed by atoms with Crippen LogP contribution >= 0.6 is 11.6 Å². The van der Waals surface area contributed by atoms with Crippen LogP contribution < -0.4 is 9.47 Å². The molecular weight excluding hydrogens is 404 g/mol. The van der Waals surface area contributed by atoms with Gasteiger partial charge in [-0.3, -0.25) is 9.59 Å². The summed E-state index contributed by atoms with van der Waals surface area (Å²) in [7, 11) is 0. The van der Waals surface area contributed by atoms with Crippen molar-refractivity contribution in [2.24, 2.45) is 0 Å². The Kier molecular flexibility index (Phi) is 4.33. The number of halogens is 1. The third-order valence-corrected chi connectivity index (χ3v) is 5.55. The third-order valence-electron chi connectivity index (χ3n) is 5.25. The Hall–Kier alpha value is -3.57. The topological polar surface area (TPSA) is 72.8 Å². The van der Waals surface area contributed by atoms with Crippen LogP contribution in [0.25, 0.3) is 6.08 Å². The van der Waals surface area contributed by atoms with Gasteiger partial charge in [-0.05, 0) is 41.5 Å². The van der Waals surface area contributed by atoms with Gasteiger partial charge in [-0.1, -0.05) is 48.0 Å². The van der Waals surface area contributed by atoms with Gasteiger partial charge in [-0.15, -0.1) is 0 Å². The summed E-state index contributed by atoms with van der Waals surface area (Å²) in [6.45, 7) is 0. The second kappa shape index (κ2) is 7.04. The molecule has 0 bridgehead atoms. The average molecular weight is 419 g/mol. The van der Waals surface area contributed by atoms with Crippen LogP contribution in [0.15, 0.2) is 66.4 Å². The van der Waals surface area contributed by atoms with E-state index in [1.54, 1.807) is 30.3 Å². The largest absolute Gasteiger partial charge is 0.506 e. The van der Waals surface area contributed by atoms with Crippen LogP contribution in [0.1, 0.15) is 39.4 Å². The number of carbonyl (C=O) groups is 2. The fourth-order valence-electron chi connectivity index (χ4n) is 3.83. The van der Waals surface area contributed by atoms with E-state index in [1.807, 2.05) is 30.3 Å². The molecule has 3 aromatic carbocycles. The maximum absolute atomic E-state index is 12.9. The molecule has 5 nitrogen and oxygen atoms in total. The molecular formula is C24H15ClO5. The van der Waals surface area contributed by atoms with Crippen molar-refractivity contribution >= 4 is 29.4 Å². The lowest BCUT2D eigenvalue weighted by atomic mass is 9.84. The highest BCUT2D eigenvalue weighted by Crippen LogP contribution is 2.49. The predicted octanol–water partition coefficient (Wildman–Crippen LogP) is 5.10. The SMILES string of the molecule is O=C1CC(c2ccc(O)c(Cl)c2)c2c(ccc3c2O/C(=C\c2ccccc2)C3=O)O1. The first-order valence-electron chi connectivity index (χ1n) is 9.36. The average Bonchev–Trinajstić information content (AvgIpc) is 3.05. The molecule has 1 N–H and O–H groups in total. The Bertz CT molecular complexity index is 1230. The first-order valence-corrected chi connectivity index (χ1v) is 9.74. The zero-order valence-corrected chi connectivity index (χ0v) is 16.3. The van der Waals surface area contributed by atoms with Gasteiger partial charge >= 0.3 is 5.97 Å². The van der Waals surface area contributed by atoms with Crippen LogP contribution in [-0.4, -0.2) is 16.9 Å². The van der Waals surface area contributed by atoms with E-state index in [0.29, 0.717) is 22.6 Å². The van der Waals surface area contributed by atoms with Crippen molar-refractivity contribution in [3.05, 3.63) is 93.7 Å². The highest BCUT2D eigenvalue weighted by Gasteiger charge is 2.38. The van der Waals surface area contributed by atoms with Crippen molar-refractivity contribution in [1.29, 1.82) is 0 Å². The van der Waals surface area contributed by atoms with E-state index >= 15 is 0 Å². The fraction of sp³-hybridized carbons (Fsp3) is 0.0833. The number of phenols is 1. The Labute approximate surface area is 177 Å². The molecule has 2 heterocycles. The Morgan fingerprint density at radius 2 is 1.80 bits per heavy atom. The van der Waals surface area contributed by atoms with E-state index < -0.39 is 5.92 Å². The number of ether oxygens (including phenoxy) is 2. The lowest BCUT2D eigenvalue weighted by molar-refractivity contribution is -0.135. The van der Waals surface area contributed by atoms with Gasteiger partial charge in [-0.25, -0.2) is 0 Å². The molecule has 0 saturated heterocycles. The molecule has 6 heteroatoms. The molecule has 0 fully saturated rings. The molecule has 3 aromatic rings. The zero-order valence-electron chi connectivity index (χ0n) is 15.6. The van der Waals surface area contributed by atoms with Crippen LogP contribution in [0.4, 0.5) is 0 Å². The summed E-state index contributed by atoms with van der Waals surface area (Å²) in [6.07, 6.45) is 1.76. The molecule has 0 amide bonds. The van der Waals surface area contributed by atoms with Crippen LogP contribution in [0.3, 0.4) is 0 Å². The highest BCUT2D eigenvalue weighted by molar-refractivity contribution is 6.32. The Morgan fingerprint density at radius 1 is 1.00 bits per heavy atom. The predicted molar refractivity (Wildman–Crippen MR) is 111 cm³/mol. The summed E-state index contributed by atoms with van der Waals surface area (Å²) < 4.78 is 11.4. The summed E-state index contributed by atoms with van der Waals surface area (Å²) in [6, 6.07) is 17.4. The van der Waals surface area contributed by atoms with Crippen LogP contribution in [0.5, 0.6) is 17.2 Å². The number of esters is 1. The summed E-state index contributed by atoms with van der Waals surface area (Å²) >= 11 is 6.09. The molecule has 1 unspecified atom stereocenters. The fourth-order valence-corrected chi connectivity index (χ4v) is 4.02. The third kappa shape index (κ3) is 3.04. The van der Waals surface area contributed by atoms with Crippen LogP contribution in [0.2, 0.25) is 5.02 Å². The first kappa shape index (κ1) is 18.5. The summed E-state index contributed by atoms with van der Waals surface area (Å²) in [5.41, 5.74) is 2.61. The molecule has 0 saturated carbocycles. The summed E-state index contributed by atoms with van der Waals surface area (Å²) in [5.74, 6) is -0.120. The van der Waals surface area contributed by atoms with Crippen molar-refractivity contribution in [1.82, 2.24) is 0 Å². The van der Waals surface area contributed by atoms with Crippen molar-refractivity contribution in [3.63, 3.8) is 0 Å². The van der Waals surface area contributed by atoms with Gasteiger partial charge in [0.15, 0.2) is 5.76 Å². The minimum Gasteiger partial charge on any atom is -0.506 e. The number of aromatic hydroxyl groups is 1. The number of fused-ring (bicyclic) bond motifs is 3. The monoisotopic (exact) mass is 418 g/mol. The quantitative estimate of drug-likeness (QED) is 0.356. The number of phenolic OH excluding ortho intramolecular Hbond substituents is 1. The maximum Gasteiger partial charge on any atom is 0.312 e. The van der Waals surface area contributed by atoms with Gasteiger partial charge < -0.3 is 14.6 Å². The van der Waals surface area contributed by atoms with Crippen molar-refractivity contribution in [2.75, 3.05) is 0 Å². The molecule has 30 heavy (non-hydrogen) atoms. The number of hydrogen-bond donors (Lipinski definition) is 1. The van der Waals surface area contributed by atoms with Crippen molar-refractivity contribution < 1.29 is 24.2 Å². The van der Waals surface area contributed by atoms with E-state index in [2.05, 4.69) is 0 Å². The lowest BCUT2D eigenvalue weighted by Gasteiger charge is -2.26. The van der Waals surface area contributed by atoms with E-state index in [9.17, 15) is 14.7 Å². The number of allylic oxidation sites excluding steroid dienone is 1. The minimum absolute atomic E-state index is 0.0446. The maximum atomic E-state index is 12.9. The number of carbonyl (C=O) groups excluding carboxylic acids is 2. The molecule has 5 rings (SSSR count). The Morgan fingerprint density at radius 3 is 2.57 bits per heavy atom. The molecule has 0 aliphatic carbocycles. The molecule has 0 radical (unpaired) electrons. The van der Waals surface area contributed by atoms with E-state index in [4.69, 9.17) is 21.1 Å². The van der Waals surface area contributed by atoms with Crippen molar-refractivity contribution in [2.45, 2.75) is 12.3 Å². The van der Waals surface area contributed by atoms with Crippen LogP contribution in [-0.2, 0) is 4.79 Å². The minimum atomic E-state index is -0.418. The van der Waals surface area contributed by atoms with Gasteiger partial charge in [0.25, 0.3) is 0 Å². The molecule has 0 aromatic heterocycles. The number of Topliss-reactive ketones (excluding diaryl/α,β-unsaturated/α-hetero) is 1. The highest BCUT2D eigenvalue weighted by atomic mass is 35.5. The molecule has 2 aliphatic heterocycles. The van der Waals surface area contributed by atoms with Gasteiger partial charge in [0, 0.05) is 11.5 Å². The molecule has 2 aliphatic rings. The van der Waals surface area contributed by atoms with Gasteiger partial charge in [0.05, 0.1) is 17.0 Å². The first-order chi connectivity index (χ1) is 14.5. The van der Waals surface area contributed by atoms with Gasteiger partial charge in [0.1, 0.15) is 17.2 Å². The molecule has 1 atom stereocenters. The number of rotatable bonds is 2. The van der Waals surface area contributed by atoms with Crippen LogP contribution in [0, 0.1) is 0 Å². The smallest absolute Gasteiger partial charge is 0.312 e. The zero-order chi connectivity index (χ0) is 20.8. The van der Waals surface area contributed by atoms with E-state index in [1.165, 1.54) is 6.07 Å². The lowest BCUT2D eigenvalue weighted by Crippen LogP contribution is -2.21. The number of benzene rings is 3. The molecule has 148 valence electrons. The second-order valence-corrected chi connectivity index (χ2v) is 7.55. The summed E-state index contributed by atoms with van der Waals surface area (Å²) in [4.78, 5) is 25.1. The van der Waals surface area contributed by atoms with E-state index in [-0.39, 0.29) is 34.7 Å². The van der Waals surface area contributed by atoms with E-state index in [0.717, 1.165) is 11.1 Å². The summed E-state index contributed by atoms with van der Waals surface area (Å²) in [5, 5.41) is 9.94. The van der Waals surface area contributed by atoms with Gasteiger partial charge in [0.2, 0.25) is 5.78 Å². The number of ketones is 1. The normalized spacial score (nSPS) is 18.6. The second-order valence-electron chi connectivity index (χ2n) is 7.15. The number of hydrogen-bond acceptors (Lipinski definition) is 5. The van der Waals surface area contributed by atoms with Crippen molar-refractivity contribution in [3.8, 4) is 17.2 Å². The standard InChI is InChI=1S/C24H15ClO5/c25-17-11-14(6-8-18(17)26)16-12-21(27)29-19-9-7-15-23(28)20(30-24(15)22(16)19)10-13-4-2-1-3-5-13/h1-11,16,26H,12H2/b20-10-. The molecule has 0 spiro atoms.